The summed E-state index contributed by atoms with van der Waals surface area (Å²) in [7, 11) is 1.57. The molecular weight excluding hydrogens is 392 g/mol. The summed E-state index contributed by atoms with van der Waals surface area (Å²) in [5.41, 5.74) is 1.09. The van der Waals surface area contributed by atoms with Crippen LogP contribution in [0, 0.1) is 0 Å². The van der Waals surface area contributed by atoms with Gasteiger partial charge in [-0.2, -0.15) is 0 Å². The van der Waals surface area contributed by atoms with Gasteiger partial charge >= 0.3 is 0 Å². The molecule has 1 heterocycles. The second-order valence-electron chi connectivity index (χ2n) is 6.29. The summed E-state index contributed by atoms with van der Waals surface area (Å²) in [5.74, 6) is 1.80. The molecule has 0 bridgehead atoms. The zero-order valence-electron chi connectivity index (χ0n) is 15.6. The van der Waals surface area contributed by atoms with Crippen molar-refractivity contribution in [1.82, 2.24) is 0 Å². The molecule has 29 heavy (non-hydrogen) atoms. The summed E-state index contributed by atoms with van der Waals surface area (Å²) in [6, 6.07) is 19.5. The molecule has 0 N–H and O–H groups in total. The Morgan fingerprint density at radius 1 is 0.931 bits per heavy atom. The normalized spacial score (nSPS) is 10.7. The molecule has 0 aliphatic carbocycles. The lowest BCUT2D eigenvalue weighted by atomic mass is 10.2. The topological polar surface area (TPSA) is 57.9 Å². The Morgan fingerprint density at radius 3 is 2.59 bits per heavy atom. The third-order valence-electron chi connectivity index (χ3n) is 4.28. The van der Waals surface area contributed by atoms with Crippen LogP contribution in [0.3, 0.4) is 0 Å². The third kappa shape index (κ3) is 4.36. The summed E-state index contributed by atoms with van der Waals surface area (Å²) in [6.07, 6.45) is 1.30. The Kier molecular flexibility index (Phi) is 5.40. The molecule has 5 nitrogen and oxygen atoms in total. The first kappa shape index (κ1) is 18.9. The van der Waals surface area contributed by atoms with Crippen LogP contribution in [-0.2, 0) is 6.61 Å². The summed E-state index contributed by atoms with van der Waals surface area (Å²) in [6.45, 7) is 0.354. The molecule has 0 aliphatic rings. The highest BCUT2D eigenvalue weighted by atomic mass is 35.5. The van der Waals surface area contributed by atoms with Crippen molar-refractivity contribution in [3.8, 4) is 23.0 Å². The number of ether oxygens (including phenoxy) is 3. The van der Waals surface area contributed by atoms with E-state index in [4.69, 9.17) is 30.2 Å². The molecule has 0 saturated heterocycles. The predicted molar refractivity (Wildman–Crippen MR) is 111 cm³/mol. The number of rotatable bonds is 6. The van der Waals surface area contributed by atoms with Crippen molar-refractivity contribution in [3.05, 3.63) is 93.8 Å². The van der Waals surface area contributed by atoms with E-state index in [2.05, 4.69) is 0 Å². The van der Waals surface area contributed by atoms with Crippen molar-refractivity contribution < 1.29 is 18.6 Å². The van der Waals surface area contributed by atoms with E-state index < -0.39 is 0 Å². The zero-order chi connectivity index (χ0) is 20.2. The van der Waals surface area contributed by atoms with Crippen LogP contribution in [0.4, 0.5) is 0 Å². The summed E-state index contributed by atoms with van der Waals surface area (Å²) >= 11 is 5.99. The summed E-state index contributed by atoms with van der Waals surface area (Å²) in [5, 5.41) is 1.06. The van der Waals surface area contributed by atoms with Crippen molar-refractivity contribution >= 4 is 22.6 Å². The minimum atomic E-state index is -0.268. The first-order valence-electron chi connectivity index (χ1n) is 8.87. The monoisotopic (exact) mass is 408 g/mol. The van der Waals surface area contributed by atoms with E-state index >= 15 is 0 Å². The van der Waals surface area contributed by atoms with Crippen molar-refractivity contribution in [3.63, 3.8) is 0 Å². The standard InChI is InChI=1S/C23H17ClO5/c1-26-17-6-3-7-19(11-17)29-22-14-28-21-12-18(8-9-20(21)23(22)25)27-13-15-4-2-5-16(24)10-15/h2-12,14H,13H2,1H3. The summed E-state index contributed by atoms with van der Waals surface area (Å²) < 4.78 is 22.2. The van der Waals surface area contributed by atoms with Gasteiger partial charge in [0.25, 0.3) is 0 Å². The number of methoxy groups -OCH3 is 1. The highest BCUT2D eigenvalue weighted by Crippen LogP contribution is 2.26. The quantitative estimate of drug-likeness (QED) is 0.402. The largest absolute Gasteiger partial charge is 0.497 e. The predicted octanol–water partition coefficient (Wildman–Crippen LogP) is 5.83. The van der Waals surface area contributed by atoms with Crippen LogP contribution >= 0.6 is 11.6 Å². The molecule has 0 atom stereocenters. The molecule has 4 rings (SSSR count). The van der Waals surface area contributed by atoms with Crippen LogP contribution in [0.2, 0.25) is 5.02 Å². The third-order valence-corrected chi connectivity index (χ3v) is 4.51. The van der Waals surface area contributed by atoms with E-state index in [0.29, 0.717) is 39.8 Å². The second kappa shape index (κ2) is 8.29. The van der Waals surface area contributed by atoms with Crippen LogP contribution in [0.15, 0.2) is 82.2 Å². The molecule has 0 saturated carbocycles. The van der Waals surface area contributed by atoms with Gasteiger partial charge in [0, 0.05) is 17.2 Å². The van der Waals surface area contributed by atoms with Gasteiger partial charge in [0.1, 0.15) is 35.7 Å². The van der Waals surface area contributed by atoms with Crippen LogP contribution in [0.5, 0.6) is 23.0 Å². The maximum Gasteiger partial charge on any atom is 0.235 e. The van der Waals surface area contributed by atoms with E-state index in [1.54, 1.807) is 55.6 Å². The Labute approximate surface area is 172 Å². The lowest BCUT2D eigenvalue weighted by Crippen LogP contribution is -2.05. The molecule has 4 aromatic rings. The molecule has 146 valence electrons. The minimum Gasteiger partial charge on any atom is -0.497 e. The highest BCUT2D eigenvalue weighted by Gasteiger charge is 2.11. The van der Waals surface area contributed by atoms with Gasteiger partial charge in [0.15, 0.2) is 0 Å². The van der Waals surface area contributed by atoms with E-state index in [1.807, 2.05) is 18.2 Å². The van der Waals surface area contributed by atoms with Crippen LogP contribution < -0.4 is 19.6 Å². The summed E-state index contributed by atoms with van der Waals surface area (Å²) in [4.78, 5) is 12.7. The van der Waals surface area contributed by atoms with Crippen LogP contribution in [0.25, 0.3) is 11.0 Å². The molecule has 0 fully saturated rings. The molecule has 3 aromatic carbocycles. The van der Waals surface area contributed by atoms with E-state index in [-0.39, 0.29) is 11.2 Å². The lowest BCUT2D eigenvalue weighted by molar-refractivity contribution is 0.306. The first-order chi connectivity index (χ1) is 14.1. The number of fused-ring (bicyclic) bond motifs is 1. The number of benzene rings is 3. The highest BCUT2D eigenvalue weighted by molar-refractivity contribution is 6.30. The fourth-order valence-electron chi connectivity index (χ4n) is 2.84. The Hall–Kier alpha value is -3.44. The molecule has 1 aromatic heterocycles. The first-order valence-corrected chi connectivity index (χ1v) is 9.25. The van der Waals surface area contributed by atoms with Crippen LogP contribution in [0.1, 0.15) is 5.56 Å². The maximum atomic E-state index is 12.7. The number of hydrogen-bond acceptors (Lipinski definition) is 5. The number of hydrogen-bond donors (Lipinski definition) is 0. The fourth-order valence-corrected chi connectivity index (χ4v) is 3.05. The molecular formula is C23H17ClO5. The van der Waals surface area contributed by atoms with Gasteiger partial charge in [-0.3, -0.25) is 4.79 Å². The van der Waals surface area contributed by atoms with Crippen molar-refractivity contribution in [2.75, 3.05) is 7.11 Å². The van der Waals surface area contributed by atoms with Gasteiger partial charge in [0.2, 0.25) is 11.2 Å². The zero-order valence-corrected chi connectivity index (χ0v) is 16.3. The Bertz CT molecular complexity index is 1220. The van der Waals surface area contributed by atoms with Crippen molar-refractivity contribution in [1.29, 1.82) is 0 Å². The average molecular weight is 409 g/mol. The van der Waals surface area contributed by atoms with E-state index in [9.17, 15) is 4.79 Å². The van der Waals surface area contributed by atoms with Gasteiger partial charge in [-0.15, -0.1) is 0 Å². The fraction of sp³-hybridized carbons (Fsp3) is 0.0870. The number of halogens is 1. The Morgan fingerprint density at radius 2 is 1.76 bits per heavy atom. The van der Waals surface area contributed by atoms with E-state index in [1.165, 1.54) is 6.26 Å². The van der Waals surface area contributed by atoms with Gasteiger partial charge in [-0.05, 0) is 42.0 Å². The molecule has 0 radical (unpaired) electrons. The lowest BCUT2D eigenvalue weighted by Gasteiger charge is -2.09. The molecule has 0 amide bonds. The average Bonchev–Trinajstić information content (AvgIpc) is 2.74. The molecule has 0 aliphatic heterocycles. The SMILES string of the molecule is COc1cccc(Oc2coc3cc(OCc4cccc(Cl)c4)ccc3c2=O)c1. The van der Waals surface area contributed by atoms with Crippen molar-refractivity contribution in [2.24, 2.45) is 0 Å². The van der Waals surface area contributed by atoms with Gasteiger partial charge < -0.3 is 18.6 Å². The van der Waals surface area contributed by atoms with Gasteiger partial charge in [-0.1, -0.05) is 29.8 Å². The second-order valence-corrected chi connectivity index (χ2v) is 6.72. The van der Waals surface area contributed by atoms with Crippen molar-refractivity contribution in [2.45, 2.75) is 6.61 Å². The molecule has 0 spiro atoms. The van der Waals surface area contributed by atoms with Crippen LogP contribution in [-0.4, -0.2) is 7.11 Å². The van der Waals surface area contributed by atoms with E-state index in [0.717, 1.165) is 5.56 Å². The maximum absolute atomic E-state index is 12.7. The minimum absolute atomic E-state index is 0.0957. The van der Waals surface area contributed by atoms with Gasteiger partial charge in [-0.25, -0.2) is 0 Å². The van der Waals surface area contributed by atoms with Gasteiger partial charge in [0.05, 0.1) is 12.5 Å². The smallest absolute Gasteiger partial charge is 0.235 e. The Balaban J connectivity index is 1.55. The molecule has 0 unspecified atom stereocenters. The molecule has 6 heteroatoms.